The molecule has 1 aliphatic heterocycles. The van der Waals surface area contributed by atoms with Crippen LogP contribution in [0.25, 0.3) is 0 Å². The number of rotatable bonds is 3. The minimum absolute atomic E-state index is 0.226. The Labute approximate surface area is 102 Å². The Bertz CT molecular complexity index is 405. The summed E-state index contributed by atoms with van der Waals surface area (Å²) in [4.78, 5) is 14.1. The van der Waals surface area contributed by atoms with E-state index in [2.05, 4.69) is 19.7 Å². The van der Waals surface area contributed by atoms with Crippen molar-refractivity contribution in [3.8, 4) is 0 Å². The molecule has 2 rings (SSSR count). The number of aromatic nitrogens is 3. The van der Waals surface area contributed by atoms with Crippen LogP contribution in [0.1, 0.15) is 33.0 Å². The molecule has 0 aromatic carbocycles. The van der Waals surface area contributed by atoms with Crippen LogP contribution in [0.4, 0.5) is 0 Å². The molecule has 1 aromatic heterocycles. The van der Waals surface area contributed by atoms with E-state index in [0.29, 0.717) is 12.2 Å². The van der Waals surface area contributed by atoms with Gasteiger partial charge >= 0.3 is 0 Å². The zero-order valence-electron chi connectivity index (χ0n) is 10.8. The fourth-order valence-corrected chi connectivity index (χ4v) is 1.94. The SMILES string of the molecule is CC(C)(C)C(=O)CCN1CCn2cnnc2C1. The largest absolute Gasteiger partial charge is 0.315 e. The second-order valence-electron chi connectivity index (χ2n) is 5.64. The zero-order valence-corrected chi connectivity index (χ0v) is 10.8. The molecule has 5 heteroatoms. The molecular formula is C12H20N4O. The van der Waals surface area contributed by atoms with E-state index in [-0.39, 0.29) is 5.41 Å². The average molecular weight is 236 g/mol. The number of hydrogen-bond donors (Lipinski definition) is 0. The molecule has 0 amide bonds. The number of hydrogen-bond acceptors (Lipinski definition) is 4. The Morgan fingerprint density at radius 3 is 2.88 bits per heavy atom. The monoisotopic (exact) mass is 236 g/mol. The maximum atomic E-state index is 11.8. The van der Waals surface area contributed by atoms with Gasteiger partial charge in [-0.3, -0.25) is 9.69 Å². The van der Waals surface area contributed by atoms with E-state index < -0.39 is 0 Å². The second-order valence-corrected chi connectivity index (χ2v) is 5.64. The van der Waals surface area contributed by atoms with Crippen LogP contribution < -0.4 is 0 Å². The van der Waals surface area contributed by atoms with Crippen molar-refractivity contribution in [3.63, 3.8) is 0 Å². The van der Waals surface area contributed by atoms with Crippen LogP contribution in [0.2, 0.25) is 0 Å². The van der Waals surface area contributed by atoms with Crippen molar-refractivity contribution in [2.45, 2.75) is 40.3 Å². The molecule has 17 heavy (non-hydrogen) atoms. The highest BCUT2D eigenvalue weighted by Gasteiger charge is 2.23. The summed E-state index contributed by atoms with van der Waals surface area (Å²) in [6.45, 7) is 9.45. The van der Waals surface area contributed by atoms with Crippen LogP contribution in [-0.2, 0) is 17.9 Å². The van der Waals surface area contributed by atoms with E-state index in [0.717, 1.165) is 32.0 Å². The molecule has 0 bridgehead atoms. The van der Waals surface area contributed by atoms with Crippen LogP contribution >= 0.6 is 0 Å². The number of nitrogens with zero attached hydrogens (tertiary/aromatic N) is 4. The van der Waals surface area contributed by atoms with Crippen LogP contribution in [0, 0.1) is 5.41 Å². The van der Waals surface area contributed by atoms with Gasteiger partial charge in [-0.25, -0.2) is 0 Å². The molecular weight excluding hydrogens is 216 g/mol. The Balaban J connectivity index is 1.85. The topological polar surface area (TPSA) is 51.0 Å². The molecule has 0 spiro atoms. The highest BCUT2D eigenvalue weighted by Crippen LogP contribution is 2.17. The Morgan fingerprint density at radius 2 is 2.18 bits per heavy atom. The molecule has 2 heterocycles. The zero-order chi connectivity index (χ0) is 12.5. The van der Waals surface area contributed by atoms with Crippen molar-refractivity contribution in [1.29, 1.82) is 0 Å². The van der Waals surface area contributed by atoms with Gasteiger partial charge in [-0.15, -0.1) is 10.2 Å². The predicted molar refractivity (Wildman–Crippen MR) is 64.4 cm³/mol. The maximum absolute atomic E-state index is 11.8. The first-order valence-electron chi connectivity index (χ1n) is 6.09. The first-order valence-corrected chi connectivity index (χ1v) is 6.09. The summed E-state index contributed by atoms with van der Waals surface area (Å²) in [5.41, 5.74) is -0.226. The number of carbonyl (C=O) groups is 1. The number of fused-ring (bicyclic) bond motifs is 1. The minimum Gasteiger partial charge on any atom is -0.315 e. The van der Waals surface area contributed by atoms with Crippen molar-refractivity contribution < 1.29 is 4.79 Å². The van der Waals surface area contributed by atoms with Crippen LogP contribution in [-0.4, -0.2) is 38.5 Å². The van der Waals surface area contributed by atoms with Crippen molar-refractivity contribution in [1.82, 2.24) is 19.7 Å². The van der Waals surface area contributed by atoms with Crippen LogP contribution in [0.3, 0.4) is 0 Å². The van der Waals surface area contributed by atoms with Crippen LogP contribution in [0.5, 0.6) is 0 Å². The smallest absolute Gasteiger partial charge is 0.147 e. The molecule has 0 fully saturated rings. The standard InChI is InChI=1S/C12H20N4O/c1-12(2,3)10(17)4-5-15-6-7-16-9-13-14-11(16)8-15/h9H,4-8H2,1-3H3. The lowest BCUT2D eigenvalue weighted by Gasteiger charge is -2.27. The van der Waals surface area contributed by atoms with Crippen molar-refractivity contribution in [3.05, 3.63) is 12.2 Å². The molecule has 94 valence electrons. The molecule has 0 N–H and O–H groups in total. The van der Waals surface area contributed by atoms with E-state index in [1.54, 1.807) is 6.33 Å². The molecule has 1 aliphatic rings. The Kier molecular flexibility index (Phi) is 3.28. The third kappa shape index (κ3) is 2.91. The fraction of sp³-hybridized carbons (Fsp3) is 0.750. The maximum Gasteiger partial charge on any atom is 0.147 e. The first kappa shape index (κ1) is 12.2. The number of ketones is 1. The molecule has 0 aliphatic carbocycles. The second kappa shape index (κ2) is 4.56. The van der Waals surface area contributed by atoms with Gasteiger partial charge in [0.25, 0.3) is 0 Å². The summed E-state index contributed by atoms with van der Waals surface area (Å²) in [5, 5.41) is 7.96. The quantitative estimate of drug-likeness (QED) is 0.788. The lowest BCUT2D eigenvalue weighted by molar-refractivity contribution is -0.126. The molecule has 0 unspecified atom stereocenters. The van der Waals surface area contributed by atoms with Gasteiger partial charge in [-0.1, -0.05) is 20.8 Å². The van der Waals surface area contributed by atoms with Gasteiger partial charge in [0.1, 0.15) is 17.9 Å². The highest BCUT2D eigenvalue weighted by atomic mass is 16.1. The molecule has 0 saturated heterocycles. The fourth-order valence-electron chi connectivity index (χ4n) is 1.94. The lowest BCUT2D eigenvalue weighted by Crippen LogP contribution is -2.36. The predicted octanol–water partition coefficient (Wildman–Crippen LogP) is 1.10. The molecule has 1 aromatic rings. The summed E-state index contributed by atoms with van der Waals surface area (Å²) in [5.74, 6) is 1.32. The third-order valence-corrected chi connectivity index (χ3v) is 3.21. The van der Waals surface area contributed by atoms with Gasteiger partial charge in [0.2, 0.25) is 0 Å². The van der Waals surface area contributed by atoms with Crippen molar-refractivity contribution in [2.24, 2.45) is 5.41 Å². The van der Waals surface area contributed by atoms with Gasteiger partial charge in [-0.2, -0.15) is 0 Å². The minimum atomic E-state index is -0.226. The summed E-state index contributed by atoms with van der Waals surface area (Å²) in [6, 6.07) is 0. The molecule has 0 atom stereocenters. The summed E-state index contributed by atoms with van der Waals surface area (Å²) < 4.78 is 2.07. The average Bonchev–Trinajstić information content (AvgIpc) is 2.71. The van der Waals surface area contributed by atoms with Gasteiger partial charge in [0, 0.05) is 31.5 Å². The lowest BCUT2D eigenvalue weighted by atomic mass is 9.89. The van der Waals surface area contributed by atoms with Crippen molar-refractivity contribution in [2.75, 3.05) is 13.1 Å². The summed E-state index contributed by atoms with van der Waals surface area (Å²) >= 11 is 0. The van der Waals surface area contributed by atoms with Crippen LogP contribution in [0.15, 0.2) is 6.33 Å². The van der Waals surface area contributed by atoms with Gasteiger partial charge in [0.05, 0.1) is 6.54 Å². The van der Waals surface area contributed by atoms with E-state index in [1.807, 2.05) is 20.8 Å². The summed E-state index contributed by atoms with van der Waals surface area (Å²) in [7, 11) is 0. The third-order valence-electron chi connectivity index (χ3n) is 3.21. The molecule has 0 radical (unpaired) electrons. The van der Waals surface area contributed by atoms with Gasteiger partial charge in [-0.05, 0) is 0 Å². The first-order chi connectivity index (χ1) is 7.97. The molecule has 0 saturated carbocycles. The highest BCUT2D eigenvalue weighted by molar-refractivity contribution is 5.83. The van der Waals surface area contributed by atoms with Gasteiger partial charge in [0.15, 0.2) is 0 Å². The summed E-state index contributed by atoms with van der Waals surface area (Å²) in [6.07, 6.45) is 2.39. The Hall–Kier alpha value is -1.23. The number of Topliss-reactive ketones (excluding diaryl/α,β-unsaturated/α-hetero) is 1. The van der Waals surface area contributed by atoms with Gasteiger partial charge < -0.3 is 4.57 Å². The van der Waals surface area contributed by atoms with E-state index >= 15 is 0 Å². The Morgan fingerprint density at radius 1 is 1.41 bits per heavy atom. The van der Waals surface area contributed by atoms with E-state index in [1.165, 1.54) is 0 Å². The number of carbonyl (C=O) groups excluding carboxylic acids is 1. The molecule has 5 nitrogen and oxygen atoms in total. The normalized spacial score (nSPS) is 16.9. The van der Waals surface area contributed by atoms with Crippen molar-refractivity contribution >= 4 is 5.78 Å². The van der Waals surface area contributed by atoms with E-state index in [9.17, 15) is 4.79 Å². The van der Waals surface area contributed by atoms with E-state index in [4.69, 9.17) is 0 Å².